The largest absolute Gasteiger partial charge is 0.464 e. The van der Waals surface area contributed by atoms with Crippen LogP contribution in [-0.2, 0) is 4.74 Å². The third kappa shape index (κ3) is 3.08. The number of hydrogen-bond donors (Lipinski definition) is 0. The average molecular weight is 385 g/mol. The smallest absolute Gasteiger partial charge is 0.355 e. The summed E-state index contributed by atoms with van der Waals surface area (Å²) < 4.78 is 6.69. The molecule has 3 aromatic heterocycles. The highest BCUT2D eigenvalue weighted by atomic mass is 16.5. The highest BCUT2D eigenvalue weighted by Crippen LogP contribution is 2.29. The number of para-hydroxylation sites is 1. The number of benzene rings is 1. The number of aromatic nitrogens is 3. The molecule has 144 valence electrons. The maximum absolute atomic E-state index is 13.4. The minimum atomic E-state index is -0.586. The molecular formula is C23H19N3O3. The van der Waals surface area contributed by atoms with Gasteiger partial charge >= 0.3 is 5.97 Å². The number of hydrogen-bond acceptors (Lipinski definition) is 5. The third-order valence-corrected chi connectivity index (χ3v) is 4.85. The molecular weight excluding hydrogens is 366 g/mol. The standard InChI is InChI=1S/C23H19N3O3/c1-14-12-18(16-8-7-11-24-13-16)19-21(27)15(2)20(23(28)29-3)26(22(19)25-14)17-9-5-4-6-10-17/h4-13H,1-3H3. The van der Waals surface area contributed by atoms with Crippen molar-refractivity contribution in [3.05, 3.63) is 88.1 Å². The van der Waals surface area contributed by atoms with Crippen LogP contribution in [0.25, 0.3) is 27.8 Å². The summed E-state index contributed by atoms with van der Waals surface area (Å²) in [6, 6.07) is 14.9. The molecule has 0 aliphatic heterocycles. The molecule has 6 nitrogen and oxygen atoms in total. The Hall–Kier alpha value is -3.80. The molecule has 0 radical (unpaired) electrons. The number of aryl methyl sites for hydroxylation is 1. The summed E-state index contributed by atoms with van der Waals surface area (Å²) in [5.41, 5.74) is 3.62. The lowest BCUT2D eigenvalue weighted by atomic mass is 10.00. The van der Waals surface area contributed by atoms with E-state index in [1.807, 2.05) is 55.5 Å². The Balaban J connectivity index is 2.25. The molecule has 0 aliphatic carbocycles. The second-order valence-corrected chi connectivity index (χ2v) is 6.72. The number of carbonyl (C=O) groups excluding carboxylic acids is 1. The number of fused-ring (bicyclic) bond motifs is 1. The van der Waals surface area contributed by atoms with Gasteiger partial charge in [0.05, 0.1) is 12.5 Å². The van der Waals surface area contributed by atoms with Gasteiger partial charge in [-0.25, -0.2) is 9.78 Å². The summed E-state index contributed by atoms with van der Waals surface area (Å²) in [6.45, 7) is 3.50. The quantitative estimate of drug-likeness (QED) is 0.501. The molecule has 0 spiro atoms. The Morgan fingerprint density at radius 2 is 1.83 bits per heavy atom. The Labute approximate surface area is 167 Å². The van der Waals surface area contributed by atoms with Gasteiger partial charge in [0.15, 0.2) is 5.43 Å². The van der Waals surface area contributed by atoms with Gasteiger partial charge < -0.3 is 4.74 Å². The van der Waals surface area contributed by atoms with Gasteiger partial charge in [0.1, 0.15) is 11.3 Å². The molecule has 0 atom stereocenters. The first-order chi connectivity index (χ1) is 14.0. The van der Waals surface area contributed by atoms with Crippen LogP contribution >= 0.6 is 0 Å². The van der Waals surface area contributed by atoms with Crippen LogP contribution in [0.1, 0.15) is 21.7 Å². The van der Waals surface area contributed by atoms with Gasteiger partial charge in [-0.1, -0.05) is 24.3 Å². The van der Waals surface area contributed by atoms with E-state index in [-0.39, 0.29) is 11.1 Å². The van der Waals surface area contributed by atoms with Crippen LogP contribution in [-0.4, -0.2) is 27.6 Å². The molecule has 0 N–H and O–H groups in total. The van der Waals surface area contributed by atoms with Crippen LogP contribution in [0.4, 0.5) is 0 Å². The molecule has 0 unspecified atom stereocenters. The van der Waals surface area contributed by atoms with Crippen molar-refractivity contribution < 1.29 is 9.53 Å². The second-order valence-electron chi connectivity index (χ2n) is 6.72. The minimum Gasteiger partial charge on any atom is -0.464 e. The van der Waals surface area contributed by atoms with E-state index in [0.717, 1.165) is 22.5 Å². The maximum Gasteiger partial charge on any atom is 0.355 e. The van der Waals surface area contributed by atoms with Crippen molar-refractivity contribution in [2.45, 2.75) is 13.8 Å². The number of methoxy groups -OCH3 is 1. The number of nitrogens with zero attached hydrogens (tertiary/aromatic N) is 3. The summed E-state index contributed by atoms with van der Waals surface area (Å²) in [4.78, 5) is 34.9. The molecule has 29 heavy (non-hydrogen) atoms. The first-order valence-electron chi connectivity index (χ1n) is 9.14. The van der Waals surface area contributed by atoms with Crippen LogP contribution in [0.15, 0.2) is 65.7 Å². The molecule has 4 aromatic rings. The molecule has 0 fully saturated rings. The Morgan fingerprint density at radius 3 is 2.48 bits per heavy atom. The minimum absolute atomic E-state index is 0.173. The van der Waals surface area contributed by atoms with E-state index in [0.29, 0.717) is 16.6 Å². The molecule has 0 saturated heterocycles. The summed E-state index contributed by atoms with van der Waals surface area (Å²) in [6.07, 6.45) is 3.40. The number of carbonyl (C=O) groups is 1. The lowest BCUT2D eigenvalue weighted by Crippen LogP contribution is -2.23. The van der Waals surface area contributed by atoms with Crippen LogP contribution in [0, 0.1) is 13.8 Å². The average Bonchev–Trinajstić information content (AvgIpc) is 2.76. The fourth-order valence-corrected chi connectivity index (χ4v) is 3.53. The predicted octanol–water partition coefficient (Wildman–Crippen LogP) is 3.85. The van der Waals surface area contributed by atoms with Crippen LogP contribution in [0.2, 0.25) is 0 Å². The van der Waals surface area contributed by atoms with Crippen molar-refractivity contribution in [2.75, 3.05) is 7.11 Å². The summed E-state index contributed by atoms with van der Waals surface area (Å²) in [5.74, 6) is -0.586. The highest BCUT2D eigenvalue weighted by Gasteiger charge is 2.24. The Morgan fingerprint density at radius 1 is 1.07 bits per heavy atom. The van der Waals surface area contributed by atoms with E-state index in [9.17, 15) is 9.59 Å². The van der Waals surface area contributed by atoms with E-state index in [2.05, 4.69) is 9.97 Å². The van der Waals surface area contributed by atoms with Crippen LogP contribution < -0.4 is 5.43 Å². The molecule has 0 saturated carbocycles. The molecule has 6 heteroatoms. The SMILES string of the molecule is COC(=O)c1c(C)c(=O)c2c(-c3cccnc3)cc(C)nc2n1-c1ccccc1. The molecule has 3 heterocycles. The van der Waals surface area contributed by atoms with Gasteiger partial charge in [0.25, 0.3) is 0 Å². The van der Waals surface area contributed by atoms with E-state index >= 15 is 0 Å². The zero-order chi connectivity index (χ0) is 20.5. The van der Waals surface area contributed by atoms with E-state index in [1.165, 1.54) is 7.11 Å². The second kappa shape index (κ2) is 7.31. The van der Waals surface area contributed by atoms with Crippen LogP contribution in [0.3, 0.4) is 0 Å². The molecule has 0 aliphatic rings. The molecule has 1 aromatic carbocycles. The van der Waals surface area contributed by atoms with Gasteiger partial charge in [-0.05, 0) is 43.7 Å². The third-order valence-electron chi connectivity index (χ3n) is 4.85. The summed E-state index contributed by atoms with van der Waals surface area (Å²) >= 11 is 0. The predicted molar refractivity (Wildman–Crippen MR) is 111 cm³/mol. The van der Waals surface area contributed by atoms with Gasteiger partial charge in [-0.3, -0.25) is 14.3 Å². The summed E-state index contributed by atoms with van der Waals surface area (Å²) in [7, 11) is 1.30. The van der Waals surface area contributed by atoms with Crippen molar-refractivity contribution in [2.24, 2.45) is 0 Å². The monoisotopic (exact) mass is 385 g/mol. The van der Waals surface area contributed by atoms with Gasteiger partial charge in [-0.15, -0.1) is 0 Å². The normalized spacial score (nSPS) is 10.9. The fourth-order valence-electron chi connectivity index (χ4n) is 3.53. The van der Waals surface area contributed by atoms with E-state index in [1.54, 1.807) is 23.9 Å². The summed E-state index contributed by atoms with van der Waals surface area (Å²) in [5, 5.41) is 0.442. The lowest BCUT2D eigenvalue weighted by Gasteiger charge is -2.19. The first kappa shape index (κ1) is 18.6. The highest BCUT2D eigenvalue weighted by molar-refractivity contribution is 5.99. The van der Waals surface area contributed by atoms with Crippen molar-refractivity contribution in [1.29, 1.82) is 0 Å². The Bertz CT molecular complexity index is 1280. The van der Waals surface area contributed by atoms with Crippen molar-refractivity contribution in [1.82, 2.24) is 14.5 Å². The van der Waals surface area contributed by atoms with E-state index < -0.39 is 5.97 Å². The van der Waals surface area contributed by atoms with E-state index in [4.69, 9.17) is 4.74 Å². The number of pyridine rings is 3. The van der Waals surface area contributed by atoms with Crippen molar-refractivity contribution in [3.63, 3.8) is 0 Å². The maximum atomic E-state index is 13.4. The zero-order valence-electron chi connectivity index (χ0n) is 16.3. The molecule has 0 bridgehead atoms. The number of rotatable bonds is 3. The van der Waals surface area contributed by atoms with Gasteiger partial charge in [0, 0.05) is 34.9 Å². The molecule has 0 amide bonds. The van der Waals surface area contributed by atoms with Gasteiger partial charge in [0.2, 0.25) is 0 Å². The fraction of sp³-hybridized carbons (Fsp3) is 0.130. The zero-order valence-corrected chi connectivity index (χ0v) is 16.3. The van der Waals surface area contributed by atoms with Crippen LogP contribution in [0.5, 0.6) is 0 Å². The first-order valence-corrected chi connectivity index (χ1v) is 9.14. The number of esters is 1. The number of ether oxygens (including phenoxy) is 1. The Kier molecular flexibility index (Phi) is 4.68. The van der Waals surface area contributed by atoms with Gasteiger partial charge in [-0.2, -0.15) is 0 Å². The van der Waals surface area contributed by atoms with Crippen molar-refractivity contribution in [3.8, 4) is 16.8 Å². The van der Waals surface area contributed by atoms with Crippen molar-refractivity contribution >= 4 is 17.0 Å². The topological polar surface area (TPSA) is 74.1 Å². The molecule has 4 rings (SSSR count). The lowest BCUT2D eigenvalue weighted by molar-refractivity contribution is 0.0590.